The van der Waals surface area contributed by atoms with Crippen LogP contribution in [0.25, 0.3) is 17.0 Å². The molecular weight excluding hydrogens is 426 g/mol. The zero-order valence-electron chi connectivity index (χ0n) is 16.5. The average molecular weight is 440 g/mol. The van der Waals surface area contributed by atoms with E-state index in [1.165, 1.54) is 41.8 Å². The molecule has 2 heterocycles. The largest absolute Gasteiger partial charge is 0.477 e. The number of halogens is 2. The number of rotatable bonds is 5. The van der Waals surface area contributed by atoms with E-state index in [4.69, 9.17) is 0 Å². The molecule has 4 aromatic rings. The van der Waals surface area contributed by atoms with Crippen LogP contribution in [0.4, 0.5) is 14.5 Å². The van der Waals surface area contributed by atoms with Crippen molar-refractivity contribution in [2.45, 2.75) is 13.5 Å². The molecule has 11 heteroatoms. The van der Waals surface area contributed by atoms with Crippen molar-refractivity contribution in [2.24, 2.45) is 0 Å². The van der Waals surface area contributed by atoms with Gasteiger partial charge in [0.15, 0.2) is 0 Å². The lowest BCUT2D eigenvalue weighted by molar-refractivity contribution is -0.384. The van der Waals surface area contributed by atoms with Crippen LogP contribution in [-0.4, -0.2) is 30.0 Å². The zero-order chi connectivity index (χ0) is 23.2. The third-order valence-electron chi connectivity index (χ3n) is 5.04. The minimum Gasteiger partial charge on any atom is -0.477 e. The van der Waals surface area contributed by atoms with Crippen LogP contribution in [0.3, 0.4) is 0 Å². The lowest BCUT2D eigenvalue weighted by Gasteiger charge is -2.11. The number of carboxylic acids is 1. The van der Waals surface area contributed by atoms with Crippen LogP contribution in [-0.2, 0) is 6.54 Å². The number of nitrogens with zero attached hydrogens (tertiary/aromatic N) is 4. The van der Waals surface area contributed by atoms with Crippen molar-refractivity contribution in [1.29, 1.82) is 0 Å². The summed E-state index contributed by atoms with van der Waals surface area (Å²) in [6, 6.07) is 8.74. The maximum absolute atomic E-state index is 14.2. The molecule has 0 atom stereocenters. The van der Waals surface area contributed by atoms with E-state index in [1.807, 2.05) is 0 Å². The number of nitro benzene ring substituents is 1. The smallest absolute Gasteiger partial charge is 0.342 e. The number of aryl methyl sites for hydroxylation is 1. The number of carboxylic acid groups (broad SMARTS) is 1. The number of imidazole rings is 1. The Morgan fingerprint density at radius 3 is 2.34 bits per heavy atom. The first-order valence-corrected chi connectivity index (χ1v) is 9.22. The lowest BCUT2D eigenvalue weighted by atomic mass is 10.1. The molecule has 0 unspecified atom stereocenters. The molecule has 162 valence electrons. The molecule has 0 aliphatic rings. The number of aromatic carboxylic acids is 1. The average Bonchev–Trinajstić information content (AvgIpc) is 3.10. The minimum absolute atomic E-state index is 0.0338. The topological polar surface area (TPSA) is 120 Å². The first-order chi connectivity index (χ1) is 15.2. The van der Waals surface area contributed by atoms with Crippen molar-refractivity contribution in [3.8, 4) is 11.3 Å². The molecule has 0 radical (unpaired) electrons. The van der Waals surface area contributed by atoms with Gasteiger partial charge >= 0.3 is 5.97 Å². The van der Waals surface area contributed by atoms with Crippen molar-refractivity contribution >= 4 is 17.4 Å². The monoisotopic (exact) mass is 440 g/mol. The Hall–Kier alpha value is -4.41. The molecule has 0 aliphatic heterocycles. The normalized spacial score (nSPS) is 11.1. The minimum atomic E-state index is -1.51. The van der Waals surface area contributed by atoms with Gasteiger partial charge < -0.3 is 9.67 Å². The number of hydrogen-bond acceptors (Lipinski definition) is 5. The molecule has 0 fully saturated rings. The summed E-state index contributed by atoms with van der Waals surface area (Å²) in [4.78, 5) is 39.2. The van der Waals surface area contributed by atoms with Gasteiger partial charge in [-0.15, -0.1) is 0 Å². The Labute approximate surface area is 178 Å². The highest BCUT2D eigenvalue weighted by Crippen LogP contribution is 2.26. The number of aromatic nitrogens is 3. The molecule has 9 nitrogen and oxygen atoms in total. The van der Waals surface area contributed by atoms with Gasteiger partial charge in [0.2, 0.25) is 5.78 Å². The van der Waals surface area contributed by atoms with Crippen LogP contribution in [0.5, 0.6) is 0 Å². The van der Waals surface area contributed by atoms with Gasteiger partial charge in [0.05, 0.1) is 22.9 Å². The molecular formula is C21H14F2N4O5. The Morgan fingerprint density at radius 2 is 1.78 bits per heavy atom. The number of nitro groups is 1. The van der Waals surface area contributed by atoms with Crippen molar-refractivity contribution in [2.75, 3.05) is 0 Å². The third kappa shape index (κ3) is 3.39. The van der Waals surface area contributed by atoms with Gasteiger partial charge in [-0.3, -0.25) is 14.9 Å². The molecule has 32 heavy (non-hydrogen) atoms. The van der Waals surface area contributed by atoms with Crippen LogP contribution in [0.15, 0.2) is 53.5 Å². The predicted octanol–water partition coefficient (Wildman–Crippen LogP) is 3.40. The fourth-order valence-corrected chi connectivity index (χ4v) is 3.44. The second-order valence-corrected chi connectivity index (χ2v) is 6.97. The Kier molecular flexibility index (Phi) is 5.01. The highest BCUT2D eigenvalue weighted by atomic mass is 19.1. The van der Waals surface area contributed by atoms with Gasteiger partial charge in [0.25, 0.3) is 11.2 Å². The van der Waals surface area contributed by atoms with Gasteiger partial charge in [-0.05, 0) is 31.2 Å². The van der Waals surface area contributed by atoms with Crippen molar-refractivity contribution in [3.63, 3.8) is 0 Å². The number of benzene rings is 2. The van der Waals surface area contributed by atoms with Gasteiger partial charge in [-0.1, -0.05) is 6.07 Å². The van der Waals surface area contributed by atoms with Crippen LogP contribution < -0.4 is 5.56 Å². The summed E-state index contributed by atoms with van der Waals surface area (Å²) in [5.41, 5.74) is -0.963. The van der Waals surface area contributed by atoms with E-state index in [2.05, 4.69) is 4.98 Å². The maximum atomic E-state index is 14.2. The highest BCUT2D eigenvalue weighted by molar-refractivity contribution is 5.87. The lowest BCUT2D eigenvalue weighted by Crippen LogP contribution is -2.26. The molecule has 0 bridgehead atoms. The summed E-state index contributed by atoms with van der Waals surface area (Å²) in [6.07, 6.45) is 0.984. The fraction of sp³-hybridized carbons (Fsp3) is 0.0952. The van der Waals surface area contributed by atoms with Gasteiger partial charge in [0, 0.05) is 29.5 Å². The summed E-state index contributed by atoms with van der Waals surface area (Å²) < 4.78 is 30.6. The van der Waals surface area contributed by atoms with E-state index in [1.54, 1.807) is 0 Å². The molecule has 4 rings (SSSR count). The fourth-order valence-electron chi connectivity index (χ4n) is 3.44. The summed E-state index contributed by atoms with van der Waals surface area (Å²) in [5, 5.41) is 20.4. The van der Waals surface area contributed by atoms with Crippen LogP contribution in [0, 0.1) is 28.7 Å². The van der Waals surface area contributed by atoms with Crippen LogP contribution >= 0.6 is 0 Å². The SMILES string of the molecule is Cc1c(-c2ccc([N+](=O)[O-])cc2)nc2n(Cc3c(F)cccc3F)cc(C(=O)O)c(=O)n12. The zero-order valence-corrected chi connectivity index (χ0v) is 16.5. The first kappa shape index (κ1) is 20.8. The quantitative estimate of drug-likeness (QED) is 0.375. The van der Waals surface area contributed by atoms with Gasteiger partial charge in [-0.2, -0.15) is 0 Å². The molecule has 1 N–H and O–H groups in total. The molecule has 2 aromatic carbocycles. The van der Waals surface area contributed by atoms with E-state index in [-0.39, 0.29) is 28.4 Å². The molecule has 0 saturated heterocycles. The Balaban J connectivity index is 1.97. The van der Waals surface area contributed by atoms with Crippen LogP contribution in [0.2, 0.25) is 0 Å². The van der Waals surface area contributed by atoms with E-state index >= 15 is 0 Å². The van der Waals surface area contributed by atoms with E-state index in [9.17, 15) is 33.6 Å². The second-order valence-electron chi connectivity index (χ2n) is 6.97. The molecule has 0 spiro atoms. The number of hydrogen-bond donors (Lipinski definition) is 1. The second kappa shape index (κ2) is 7.69. The summed E-state index contributed by atoms with van der Waals surface area (Å²) in [7, 11) is 0. The number of carbonyl (C=O) groups is 1. The molecule has 0 amide bonds. The predicted molar refractivity (Wildman–Crippen MR) is 109 cm³/mol. The van der Waals surface area contributed by atoms with Crippen LogP contribution in [0.1, 0.15) is 21.6 Å². The first-order valence-electron chi connectivity index (χ1n) is 9.22. The van der Waals surface area contributed by atoms with Gasteiger partial charge in [-0.25, -0.2) is 23.0 Å². The van der Waals surface area contributed by atoms with E-state index in [0.29, 0.717) is 5.56 Å². The van der Waals surface area contributed by atoms with Gasteiger partial charge in [0.1, 0.15) is 17.2 Å². The van der Waals surface area contributed by atoms with Crippen molar-refractivity contribution < 1.29 is 23.6 Å². The van der Waals surface area contributed by atoms with E-state index in [0.717, 1.165) is 22.7 Å². The molecule has 2 aromatic heterocycles. The highest BCUT2D eigenvalue weighted by Gasteiger charge is 2.22. The molecule has 0 aliphatic carbocycles. The van der Waals surface area contributed by atoms with Crippen molar-refractivity contribution in [3.05, 3.63) is 97.6 Å². The Morgan fingerprint density at radius 1 is 1.16 bits per heavy atom. The van der Waals surface area contributed by atoms with Crippen molar-refractivity contribution in [1.82, 2.24) is 14.0 Å². The summed E-state index contributed by atoms with van der Waals surface area (Å²) in [5.74, 6) is -3.21. The maximum Gasteiger partial charge on any atom is 0.342 e. The number of non-ortho nitro benzene ring substituents is 1. The van der Waals surface area contributed by atoms with E-state index < -0.39 is 40.2 Å². The third-order valence-corrected chi connectivity index (χ3v) is 5.04. The standard InChI is InChI=1S/C21H14F2N4O5/c1-11-18(12-5-7-13(8-6-12)27(31)32)24-21-25(9-14-16(22)3-2-4-17(14)23)10-15(20(29)30)19(28)26(11)21/h2-8,10H,9H2,1H3,(H,29,30). The molecule has 0 saturated carbocycles. The number of fused-ring (bicyclic) bond motifs is 1. The summed E-state index contributed by atoms with van der Waals surface area (Å²) >= 11 is 0. The Bertz CT molecular complexity index is 1440. The summed E-state index contributed by atoms with van der Waals surface area (Å²) in [6.45, 7) is 1.11.